The largest absolute Gasteiger partial charge is 0.348 e. The Bertz CT molecular complexity index is 448. The predicted molar refractivity (Wildman–Crippen MR) is 66.5 cm³/mol. The zero-order valence-electron chi connectivity index (χ0n) is 12.0. The van der Waals surface area contributed by atoms with Gasteiger partial charge in [0.05, 0.1) is 12.6 Å². The van der Waals surface area contributed by atoms with E-state index in [1.54, 1.807) is 13.8 Å². The first kappa shape index (κ1) is 14.1. The fraction of sp³-hybridized carbons (Fsp3) is 1.00. The highest BCUT2D eigenvalue weighted by molar-refractivity contribution is 5.01. The van der Waals surface area contributed by atoms with Crippen molar-refractivity contribution >= 4 is 0 Å². The quantitative estimate of drug-likeness (QED) is 0.437. The molecule has 0 saturated carbocycles. The van der Waals surface area contributed by atoms with Crippen LogP contribution in [0.25, 0.3) is 10.4 Å². The molecule has 0 N–H and O–H groups in total. The molecule has 0 aromatic carbocycles. The minimum Gasteiger partial charge on any atom is -0.348 e. The van der Waals surface area contributed by atoms with Gasteiger partial charge < -0.3 is 23.7 Å². The Morgan fingerprint density at radius 2 is 1.80 bits per heavy atom. The maximum atomic E-state index is 8.77. The molecule has 8 heteroatoms. The van der Waals surface area contributed by atoms with Gasteiger partial charge in [0, 0.05) is 4.91 Å². The van der Waals surface area contributed by atoms with Crippen LogP contribution < -0.4 is 0 Å². The minimum absolute atomic E-state index is 0.304. The highest BCUT2D eigenvalue weighted by Gasteiger charge is 2.57. The van der Waals surface area contributed by atoms with Crippen LogP contribution in [0.1, 0.15) is 27.7 Å². The summed E-state index contributed by atoms with van der Waals surface area (Å²) in [5, 5.41) is 3.82. The average molecular weight is 285 g/mol. The summed E-state index contributed by atoms with van der Waals surface area (Å²) in [7, 11) is 0. The molecule has 20 heavy (non-hydrogen) atoms. The van der Waals surface area contributed by atoms with Gasteiger partial charge in [-0.15, -0.1) is 0 Å². The standard InChI is InChI=1S/C12H19N3O5/c1-11(2)16-5-6(18-11)8-7(14-15-13)9-10(17-8)20-12(3,4)19-9/h6-10H,5H2,1-4H3/t6-,7+,8+,9+,10-/m0/s1. The van der Waals surface area contributed by atoms with Crippen LogP contribution in [0.15, 0.2) is 5.11 Å². The van der Waals surface area contributed by atoms with E-state index in [1.165, 1.54) is 0 Å². The molecule has 5 atom stereocenters. The lowest BCUT2D eigenvalue weighted by atomic mass is 10.0. The molecule has 3 rings (SSSR count). The number of fused-ring (bicyclic) bond motifs is 1. The number of ether oxygens (including phenoxy) is 5. The molecule has 0 radical (unpaired) electrons. The minimum atomic E-state index is -0.740. The number of rotatable bonds is 2. The molecule has 3 aliphatic rings. The Labute approximate surface area is 116 Å². The van der Waals surface area contributed by atoms with Gasteiger partial charge in [-0.25, -0.2) is 0 Å². The van der Waals surface area contributed by atoms with Gasteiger partial charge in [0.25, 0.3) is 0 Å². The average Bonchev–Trinajstić information content (AvgIpc) is 2.91. The second kappa shape index (κ2) is 4.56. The van der Waals surface area contributed by atoms with Crippen molar-refractivity contribution < 1.29 is 23.7 Å². The molecular weight excluding hydrogens is 266 g/mol. The van der Waals surface area contributed by atoms with Gasteiger partial charge in [0.2, 0.25) is 0 Å². The molecule has 3 aliphatic heterocycles. The van der Waals surface area contributed by atoms with Crippen molar-refractivity contribution in [1.29, 1.82) is 0 Å². The van der Waals surface area contributed by atoms with Crippen LogP contribution in [0.5, 0.6) is 0 Å². The van der Waals surface area contributed by atoms with E-state index in [9.17, 15) is 0 Å². The topological polar surface area (TPSA) is 94.9 Å². The third kappa shape index (κ3) is 2.39. The fourth-order valence-electron chi connectivity index (χ4n) is 2.89. The van der Waals surface area contributed by atoms with Crippen LogP contribution in [0.4, 0.5) is 0 Å². The zero-order valence-corrected chi connectivity index (χ0v) is 12.0. The maximum Gasteiger partial charge on any atom is 0.188 e. The summed E-state index contributed by atoms with van der Waals surface area (Å²) in [5.74, 6) is -1.40. The van der Waals surface area contributed by atoms with Crippen molar-refractivity contribution in [3.63, 3.8) is 0 Å². The van der Waals surface area contributed by atoms with Gasteiger partial charge in [-0.1, -0.05) is 5.11 Å². The lowest BCUT2D eigenvalue weighted by Gasteiger charge is -2.26. The normalized spacial score (nSPS) is 45.1. The number of hydrogen-bond acceptors (Lipinski definition) is 6. The lowest BCUT2D eigenvalue weighted by molar-refractivity contribution is -0.222. The molecule has 3 heterocycles. The predicted octanol–water partition coefficient (Wildman–Crippen LogP) is 1.69. The van der Waals surface area contributed by atoms with E-state index in [2.05, 4.69) is 10.0 Å². The SMILES string of the molecule is CC1(C)O[C@@H]2O[C@H]([C@@H]3COC(C)(C)O3)[C@@H](N=[N+]=[N-])[C@H]2O1. The summed E-state index contributed by atoms with van der Waals surface area (Å²) in [5.41, 5.74) is 8.77. The Morgan fingerprint density at radius 3 is 2.40 bits per heavy atom. The van der Waals surface area contributed by atoms with Crippen molar-refractivity contribution in [2.75, 3.05) is 6.61 Å². The van der Waals surface area contributed by atoms with Crippen LogP contribution >= 0.6 is 0 Å². The van der Waals surface area contributed by atoms with E-state index in [0.717, 1.165) is 0 Å². The Kier molecular flexibility index (Phi) is 3.20. The summed E-state index contributed by atoms with van der Waals surface area (Å²) in [6.45, 7) is 7.66. The second-order valence-corrected chi connectivity index (χ2v) is 6.13. The van der Waals surface area contributed by atoms with E-state index in [1.807, 2.05) is 13.8 Å². The van der Waals surface area contributed by atoms with Crippen LogP contribution in [0, 0.1) is 0 Å². The third-order valence-corrected chi connectivity index (χ3v) is 3.63. The molecule has 0 spiro atoms. The van der Waals surface area contributed by atoms with Crippen LogP contribution in [-0.2, 0) is 23.7 Å². The summed E-state index contributed by atoms with van der Waals surface area (Å²) in [6, 6.07) is -0.491. The van der Waals surface area contributed by atoms with Crippen molar-refractivity contribution in [3.8, 4) is 0 Å². The molecule has 112 valence electrons. The maximum absolute atomic E-state index is 8.77. The Hall–Kier alpha value is -0.890. The summed E-state index contributed by atoms with van der Waals surface area (Å²) < 4.78 is 28.6. The van der Waals surface area contributed by atoms with Crippen molar-refractivity contribution in [2.45, 2.75) is 69.9 Å². The van der Waals surface area contributed by atoms with Crippen LogP contribution in [0.2, 0.25) is 0 Å². The van der Waals surface area contributed by atoms with Gasteiger partial charge in [0.15, 0.2) is 17.9 Å². The molecule has 0 bridgehead atoms. The van der Waals surface area contributed by atoms with Crippen LogP contribution in [-0.4, -0.2) is 48.8 Å². The Balaban J connectivity index is 1.78. The first-order valence-corrected chi connectivity index (χ1v) is 6.68. The highest BCUT2D eigenvalue weighted by Crippen LogP contribution is 2.41. The molecular formula is C12H19N3O5. The van der Waals surface area contributed by atoms with Gasteiger partial charge >= 0.3 is 0 Å². The molecule has 0 amide bonds. The molecule has 8 nitrogen and oxygen atoms in total. The summed E-state index contributed by atoms with van der Waals surface area (Å²) in [6.07, 6.45) is -1.70. The molecule has 0 aliphatic carbocycles. The smallest absolute Gasteiger partial charge is 0.188 e. The number of nitrogens with zero attached hydrogens (tertiary/aromatic N) is 3. The van der Waals surface area contributed by atoms with E-state index < -0.39 is 36.1 Å². The number of hydrogen-bond donors (Lipinski definition) is 0. The van der Waals surface area contributed by atoms with E-state index in [4.69, 9.17) is 29.2 Å². The zero-order chi connectivity index (χ0) is 14.5. The molecule has 0 aromatic rings. The van der Waals surface area contributed by atoms with Gasteiger partial charge in [-0.05, 0) is 33.2 Å². The molecule has 3 saturated heterocycles. The van der Waals surface area contributed by atoms with Crippen molar-refractivity contribution in [3.05, 3.63) is 10.4 Å². The Morgan fingerprint density at radius 1 is 1.05 bits per heavy atom. The van der Waals surface area contributed by atoms with E-state index in [-0.39, 0.29) is 6.10 Å². The second-order valence-electron chi connectivity index (χ2n) is 6.13. The van der Waals surface area contributed by atoms with Crippen molar-refractivity contribution in [1.82, 2.24) is 0 Å². The summed E-state index contributed by atoms with van der Waals surface area (Å²) in [4.78, 5) is 2.90. The first-order valence-electron chi connectivity index (χ1n) is 6.68. The molecule has 0 aromatic heterocycles. The lowest BCUT2D eigenvalue weighted by Crippen LogP contribution is -2.41. The first-order chi connectivity index (χ1) is 9.31. The van der Waals surface area contributed by atoms with Crippen molar-refractivity contribution in [2.24, 2.45) is 5.11 Å². The van der Waals surface area contributed by atoms with E-state index >= 15 is 0 Å². The van der Waals surface area contributed by atoms with E-state index in [0.29, 0.717) is 6.61 Å². The molecule has 3 fully saturated rings. The third-order valence-electron chi connectivity index (χ3n) is 3.63. The molecule has 0 unspecified atom stereocenters. The van der Waals surface area contributed by atoms with Gasteiger partial charge in [0.1, 0.15) is 18.3 Å². The summed E-state index contributed by atoms with van der Waals surface area (Å²) >= 11 is 0. The number of azide groups is 1. The highest BCUT2D eigenvalue weighted by atomic mass is 16.8. The van der Waals surface area contributed by atoms with Crippen LogP contribution in [0.3, 0.4) is 0 Å². The van der Waals surface area contributed by atoms with Gasteiger partial charge in [-0.2, -0.15) is 0 Å². The fourth-order valence-corrected chi connectivity index (χ4v) is 2.89. The van der Waals surface area contributed by atoms with Gasteiger partial charge in [-0.3, -0.25) is 0 Å². The monoisotopic (exact) mass is 285 g/mol.